The minimum absolute atomic E-state index is 0.0984. The van der Waals surface area contributed by atoms with Crippen molar-refractivity contribution in [2.75, 3.05) is 47.1 Å². The Morgan fingerprint density at radius 1 is 1.29 bits per heavy atom. The number of halogens is 2. The molecule has 0 unspecified atom stereocenters. The highest BCUT2D eigenvalue weighted by Gasteiger charge is 2.36. The monoisotopic (exact) mass is 373 g/mol. The van der Waals surface area contributed by atoms with E-state index in [4.69, 9.17) is 32.7 Å². The summed E-state index contributed by atoms with van der Waals surface area (Å²) in [7, 11) is 3.44. The molecule has 0 bridgehead atoms. The van der Waals surface area contributed by atoms with Crippen LogP contribution in [-0.4, -0.2) is 53.0 Å². The molecule has 7 heteroatoms. The van der Waals surface area contributed by atoms with Crippen molar-refractivity contribution in [1.82, 2.24) is 10.6 Å². The van der Waals surface area contributed by atoms with E-state index in [1.54, 1.807) is 20.2 Å². The van der Waals surface area contributed by atoms with Crippen molar-refractivity contribution >= 4 is 29.2 Å². The highest BCUT2D eigenvalue weighted by molar-refractivity contribution is 6.35. The number of ether oxygens (including phenoxy) is 2. The molecule has 0 spiro atoms. The van der Waals surface area contributed by atoms with Gasteiger partial charge < -0.3 is 20.1 Å². The SMILES string of the molecule is CN=C(NCCOC)NCC1(c2ccc(Cl)cc2Cl)CCOCC1. The first-order chi connectivity index (χ1) is 11.6. The molecule has 134 valence electrons. The normalized spacial score (nSPS) is 17.6. The van der Waals surface area contributed by atoms with Crippen molar-refractivity contribution in [2.24, 2.45) is 4.99 Å². The number of guanidine groups is 1. The van der Waals surface area contributed by atoms with Gasteiger partial charge in [-0.15, -0.1) is 0 Å². The lowest BCUT2D eigenvalue weighted by Crippen LogP contribution is -2.48. The van der Waals surface area contributed by atoms with E-state index in [9.17, 15) is 0 Å². The first-order valence-corrected chi connectivity index (χ1v) is 8.83. The molecule has 1 aromatic carbocycles. The Morgan fingerprint density at radius 2 is 2.04 bits per heavy atom. The van der Waals surface area contributed by atoms with Crippen LogP contribution in [0.15, 0.2) is 23.2 Å². The Labute approximate surface area is 153 Å². The van der Waals surface area contributed by atoms with Crippen LogP contribution in [0.2, 0.25) is 10.0 Å². The van der Waals surface area contributed by atoms with Crippen LogP contribution in [0.5, 0.6) is 0 Å². The average molecular weight is 374 g/mol. The highest BCUT2D eigenvalue weighted by atomic mass is 35.5. The molecule has 0 aromatic heterocycles. The van der Waals surface area contributed by atoms with E-state index in [0.29, 0.717) is 23.2 Å². The molecule has 1 aromatic rings. The lowest BCUT2D eigenvalue weighted by molar-refractivity contribution is 0.0514. The largest absolute Gasteiger partial charge is 0.383 e. The maximum atomic E-state index is 6.49. The summed E-state index contributed by atoms with van der Waals surface area (Å²) in [5, 5.41) is 8.00. The number of hydrogen-bond acceptors (Lipinski definition) is 3. The molecule has 0 aliphatic carbocycles. The molecule has 24 heavy (non-hydrogen) atoms. The molecule has 0 saturated carbocycles. The predicted molar refractivity (Wildman–Crippen MR) is 99.4 cm³/mol. The smallest absolute Gasteiger partial charge is 0.191 e. The lowest BCUT2D eigenvalue weighted by atomic mass is 9.74. The molecule has 1 aliphatic heterocycles. The van der Waals surface area contributed by atoms with Gasteiger partial charge in [-0.3, -0.25) is 4.99 Å². The molecular formula is C17H25Cl2N3O2. The topological polar surface area (TPSA) is 54.9 Å². The number of rotatable bonds is 6. The molecule has 0 amide bonds. The molecule has 0 atom stereocenters. The van der Waals surface area contributed by atoms with Crippen LogP contribution in [0.4, 0.5) is 0 Å². The fourth-order valence-electron chi connectivity index (χ4n) is 2.97. The van der Waals surface area contributed by atoms with Gasteiger partial charge in [0.25, 0.3) is 0 Å². The second-order valence-corrected chi connectivity index (χ2v) is 6.71. The van der Waals surface area contributed by atoms with Gasteiger partial charge in [-0.05, 0) is 30.5 Å². The van der Waals surface area contributed by atoms with Crippen LogP contribution in [0, 0.1) is 0 Å². The van der Waals surface area contributed by atoms with Crippen LogP contribution in [0.1, 0.15) is 18.4 Å². The summed E-state index contributed by atoms with van der Waals surface area (Å²) >= 11 is 12.5. The third-order valence-corrected chi connectivity index (χ3v) is 4.92. The van der Waals surface area contributed by atoms with Crippen LogP contribution in [0.3, 0.4) is 0 Å². The fourth-order valence-corrected chi connectivity index (χ4v) is 3.58. The summed E-state index contributed by atoms with van der Waals surface area (Å²) in [6, 6.07) is 5.73. The summed E-state index contributed by atoms with van der Waals surface area (Å²) < 4.78 is 10.6. The summed E-state index contributed by atoms with van der Waals surface area (Å²) in [4.78, 5) is 4.26. The van der Waals surface area contributed by atoms with Gasteiger partial charge in [-0.1, -0.05) is 29.3 Å². The van der Waals surface area contributed by atoms with Gasteiger partial charge in [0.15, 0.2) is 5.96 Å². The third-order valence-electron chi connectivity index (χ3n) is 4.37. The van der Waals surface area contributed by atoms with Gasteiger partial charge in [0.1, 0.15) is 0 Å². The Bertz CT molecular complexity index is 561. The van der Waals surface area contributed by atoms with Crippen molar-refractivity contribution in [1.29, 1.82) is 0 Å². The average Bonchev–Trinajstić information content (AvgIpc) is 2.58. The molecular weight excluding hydrogens is 349 g/mol. The summed E-state index contributed by atoms with van der Waals surface area (Å²) in [5.41, 5.74) is 1.01. The van der Waals surface area contributed by atoms with Crippen LogP contribution in [-0.2, 0) is 14.9 Å². The van der Waals surface area contributed by atoms with E-state index < -0.39 is 0 Å². The zero-order valence-corrected chi connectivity index (χ0v) is 15.7. The summed E-state index contributed by atoms with van der Waals surface area (Å²) in [5.74, 6) is 0.753. The lowest BCUT2D eigenvalue weighted by Gasteiger charge is -2.38. The van der Waals surface area contributed by atoms with Gasteiger partial charge in [0.2, 0.25) is 0 Å². The number of benzene rings is 1. The maximum absolute atomic E-state index is 6.49. The van der Waals surface area contributed by atoms with Gasteiger partial charge in [-0.25, -0.2) is 0 Å². The van der Waals surface area contributed by atoms with Gasteiger partial charge >= 0.3 is 0 Å². The number of aliphatic imine (C=N–C) groups is 1. The molecule has 2 rings (SSSR count). The van der Waals surface area contributed by atoms with Crippen LogP contribution >= 0.6 is 23.2 Å². The molecule has 1 fully saturated rings. The van der Waals surface area contributed by atoms with Crippen molar-refractivity contribution in [3.8, 4) is 0 Å². The maximum Gasteiger partial charge on any atom is 0.191 e. The van der Waals surface area contributed by atoms with Crippen LogP contribution in [0.25, 0.3) is 0 Å². The second kappa shape index (κ2) is 9.47. The second-order valence-electron chi connectivity index (χ2n) is 5.86. The van der Waals surface area contributed by atoms with Gasteiger partial charge in [0.05, 0.1) is 6.61 Å². The Hall–Kier alpha value is -1.01. The highest BCUT2D eigenvalue weighted by Crippen LogP contribution is 2.39. The fraction of sp³-hybridized carbons (Fsp3) is 0.588. The minimum Gasteiger partial charge on any atom is -0.383 e. The molecule has 0 radical (unpaired) electrons. The predicted octanol–water partition coefficient (Wildman–Crippen LogP) is 2.85. The number of nitrogens with one attached hydrogen (secondary N) is 2. The summed E-state index contributed by atoms with van der Waals surface area (Å²) in [6.45, 7) is 3.49. The quantitative estimate of drug-likeness (QED) is 0.457. The Balaban J connectivity index is 2.13. The van der Waals surface area contributed by atoms with E-state index in [0.717, 1.165) is 44.1 Å². The Morgan fingerprint density at radius 3 is 2.67 bits per heavy atom. The standard InChI is InChI=1S/C17H25Cl2N3O2/c1-20-16(21-7-10-23-2)22-12-17(5-8-24-9-6-17)14-4-3-13(18)11-15(14)19/h3-4,11H,5-10,12H2,1-2H3,(H2,20,21,22). The summed E-state index contributed by atoms with van der Waals surface area (Å²) in [6.07, 6.45) is 1.80. The Kier molecular flexibility index (Phi) is 7.62. The first-order valence-electron chi connectivity index (χ1n) is 8.08. The zero-order chi connectivity index (χ0) is 17.4. The van der Waals surface area contributed by atoms with Gasteiger partial charge in [-0.2, -0.15) is 0 Å². The van der Waals surface area contributed by atoms with Gasteiger partial charge in [0, 0.05) is 55.9 Å². The minimum atomic E-state index is -0.0984. The van der Waals surface area contributed by atoms with E-state index in [2.05, 4.69) is 15.6 Å². The van der Waals surface area contributed by atoms with Crippen molar-refractivity contribution < 1.29 is 9.47 Å². The molecule has 1 aliphatic rings. The van der Waals surface area contributed by atoms with Crippen LogP contribution < -0.4 is 10.6 Å². The van der Waals surface area contributed by atoms with E-state index in [-0.39, 0.29) is 5.41 Å². The molecule has 5 nitrogen and oxygen atoms in total. The van der Waals surface area contributed by atoms with Crippen molar-refractivity contribution in [3.63, 3.8) is 0 Å². The van der Waals surface area contributed by atoms with E-state index in [1.165, 1.54) is 0 Å². The molecule has 1 saturated heterocycles. The first kappa shape index (κ1) is 19.3. The molecule has 2 N–H and O–H groups in total. The van der Waals surface area contributed by atoms with Crippen molar-refractivity contribution in [3.05, 3.63) is 33.8 Å². The number of methoxy groups -OCH3 is 1. The van der Waals surface area contributed by atoms with E-state index >= 15 is 0 Å². The third kappa shape index (κ3) is 4.99. The number of hydrogen-bond donors (Lipinski definition) is 2. The van der Waals surface area contributed by atoms with Crippen molar-refractivity contribution in [2.45, 2.75) is 18.3 Å². The zero-order valence-electron chi connectivity index (χ0n) is 14.2. The number of nitrogens with zero attached hydrogens (tertiary/aromatic N) is 1. The van der Waals surface area contributed by atoms with E-state index in [1.807, 2.05) is 12.1 Å². The molecule has 1 heterocycles.